The van der Waals surface area contributed by atoms with Crippen LogP contribution >= 0.6 is 15.9 Å². The highest BCUT2D eigenvalue weighted by atomic mass is 79.9. The topological polar surface area (TPSA) is 38.3 Å². The molecule has 1 saturated carbocycles. The van der Waals surface area contributed by atoms with Crippen LogP contribution in [-0.4, -0.2) is 12.1 Å². The molecule has 3 unspecified atom stereocenters. The second-order valence-corrected chi connectivity index (χ2v) is 6.79. The Hall–Kier alpha value is -1.81. The van der Waals surface area contributed by atoms with Crippen molar-refractivity contribution in [3.63, 3.8) is 0 Å². The Kier molecular flexibility index (Phi) is 3.41. The van der Waals surface area contributed by atoms with Crippen molar-refractivity contribution in [2.45, 2.75) is 25.0 Å². The van der Waals surface area contributed by atoms with Gasteiger partial charge in [0.05, 0.1) is 0 Å². The van der Waals surface area contributed by atoms with Gasteiger partial charge < -0.3 is 10.1 Å². The zero-order valence-corrected chi connectivity index (χ0v) is 13.5. The zero-order chi connectivity index (χ0) is 15.1. The number of halogens is 1. The lowest BCUT2D eigenvalue weighted by atomic mass is 10.1. The Labute approximate surface area is 137 Å². The number of hydrogen-bond acceptors (Lipinski definition) is 2. The number of alkyl carbamates (subject to hydrolysis) is 1. The predicted molar refractivity (Wildman–Crippen MR) is 87.6 cm³/mol. The Balaban J connectivity index is 1.34. The largest absolute Gasteiger partial charge is 0.445 e. The second kappa shape index (κ2) is 5.43. The van der Waals surface area contributed by atoms with Gasteiger partial charge in [-0.3, -0.25) is 0 Å². The fraction of sp³-hybridized carbons (Fsp3) is 0.278. The smallest absolute Gasteiger partial charge is 0.407 e. The molecule has 4 heteroatoms. The van der Waals surface area contributed by atoms with Crippen LogP contribution in [0.3, 0.4) is 0 Å². The molecule has 112 valence electrons. The molecule has 1 amide bonds. The Morgan fingerprint density at radius 3 is 2.82 bits per heavy atom. The van der Waals surface area contributed by atoms with Crippen molar-refractivity contribution in [3.8, 4) is 0 Å². The van der Waals surface area contributed by atoms with Gasteiger partial charge in [0.25, 0.3) is 0 Å². The van der Waals surface area contributed by atoms with Crippen LogP contribution in [0.25, 0.3) is 0 Å². The summed E-state index contributed by atoms with van der Waals surface area (Å²) in [7, 11) is 0. The van der Waals surface area contributed by atoms with Crippen LogP contribution in [0.2, 0.25) is 0 Å². The van der Waals surface area contributed by atoms with Crippen LogP contribution in [-0.2, 0) is 17.8 Å². The molecule has 4 rings (SSSR count). The van der Waals surface area contributed by atoms with Gasteiger partial charge in [-0.1, -0.05) is 58.4 Å². The van der Waals surface area contributed by atoms with Gasteiger partial charge in [0.1, 0.15) is 6.61 Å². The molecule has 1 N–H and O–H groups in total. The SMILES string of the molecule is O=C(NC1C2Cc3c(Br)cccc3C21)OCc1ccccc1. The van der Waals surface area contributed by atoms with Crippen LogP contribution in [0, 0.1) is 5.92 Å². The van der Waals surface area contributed by atoms with Gasteiger partial charge in [0, 0.05) is 16.4 Å². The van der Waals surface area contributed by atoms with E-state index in [1.165, 1.54) is 15.6 Å². The lowest BCUT2D eigenvalue weighted by Crippen LogP contribution is -2.29. The number of nitrogens with one attached hydrogen (secondary N) is 1. The Bertz CT molecular complexity index is 716. The summed E-state index contributed by atoms with van der Waals surface area (Å²) >= 11 is 3.60. The first kappa shape index (κ1) is 13.8. The summed E-state index contributed by atoms with van der Waals surface area (Å²) in [5.41, 5.74) is 3.77. The minimum Gasteiger partial charge on any atom is -0.445 e. The molecule has 0 bridgehead atoms. The number of fused-ring (bicyclic) bond motifs is 3. The summed E-state index contributed by atoms with van der Waals surface area (Å²) in [6.45, 7) is 0.316. The highest BCUT2D eigenvalue weighted by molar-refractivity contribution is 9.10. The standard InChI is InChI=1S/C18H16BrNO2/c19-15-8-4-7-12-13(15)9-14-16(12)17(14)20-18(21)22-10-11-5-2-1-3-6-11/h1-8,14,16-17H,9-10H2,(H,20,21). The zero-order valence-electron chi connectivity index (χ0n) is 12.0. The van der Waals surface area contributed by atoms with E-state index in [0.29, 0.717) is 18.4 Å². The van der Waals surface area contributed by atoms with Crippen molar-refractivity contribution in [2.75, 3.05) is 0 Å². The number of rotatable bonds is 3. The number of benzene rings is 2. The lowest BCUT2D eigenvalue weighted by Gasteiger charge is -2.11. The van der Waals surface area contributed by atoms with Crippen molar-refractivity contribution in [2.24, 2.45) is 5.92 Å². The fourth-order valence-corrected chi connectivity index (χ4v) is 4.03. The quantitative estimate of drug-likeness (QED) is 0.900. The predicted octanol–water partition coefficient (Wildman–Crippen LogP) is 4.01. The fourth-order valence-electron chi connectivity index (χ4n) is 3.49. The summed E-state index contributed by atoms with van der Waals surface area (Å²) in [4.78, 5) is 11.9. The van der Waals surface area contributed by atoms with Crippen LogP contribution in [0.1, 0.15) is 22.6 Å². The van der Waals surface area contributed by atoms with E-state index in [9.17, 15) is 4.79 Å². The van der Waals surface area contributed by atoms with E-state index in [4.69, 9.17) is 4.74 Å². The molecule has 3 atom stereocenters. The normalized spacial score (nSPS) is 24.3. The van der Waals surface area contributed by atoms with E-state index < -0.39 is 0 Å². The molecule has 0 saturated heterocycles. The average molecular weight is 358 g/mol. The van der Waals surface area contributed by atoms with Gasteiger partial charge in [0.2, 0.25) is 0 Å². The molecule has 3 nitrogen and oxygen atoms in total. The lowest BCUT2D eigenvalue weighted by molar-refractivity contribution is 0.138. The number of ether oxygens (including phenoxy) is 1. The average Bonchev–Trinajstić information content (AvgIpc) is 3.03. The first-order valence-corrected chi connectivity index (χ1v) is 8.28. The molecule has 2 aromatic carbocycles. The van der Waals surface area contributed by atoms with Crippen LogP contribution in [0.5, 0.6) is 0 Å². The summed E-state index contributed by atoms with van der Waals surface area (Å²) in [6.07, 6.45) is 0.713. The van der Waals surface area contributed by atoms with E-state index in [0.717, 1.165) is 12.0 Å². The van der Waals surface area contributed by atoms with Gasteiger partial charge in [0.15, 0.2) is 0 Å². The van der Waals surface area contributed by atoms with Gasteiger partial charge in [-0.05, 0) is 35.1 Å². The summed E-state index contributed by atoms with van der Waals surface area (Å²) in [6, 6.07) is 16.3. The molecular weight excluding hydrogens is 342 g/mol. The third-order valence-electron chi connectivity index (χ3n) is 4.62. The molecule has 1 fully saturated rings. The van der Waals surface area contributed by atoms with Crippen molar-refractivity contribution in [1.82, 2.24) is 5.32 Å². The van der Waals surface area contributed by atoms with E-state index in [1.54, 1.807) is 0 Å². The molecular formula is C18H16BrNO2. The maximum Gasteiger partial charge on any atom is 0.407 e. The third-order valence-corrected chi connectivity index (χ3v) is 5.36. The third kappa shape index (κ3) is 2.41. The van der Waals surface area contributed by atoms with Gasteiger partial charge in [-0.2, -0.15) is 0 Å². The van der Waals surface area contributed by atoms with Crippen molar-refractivity contribution < 1.29 is 9.53 Å². The van der Waals surface area contributed by atoms with Crippen molar-refractivity contribution >= 4 is 22.0 Å². The summed E-state index contributed by atoms with van der Waals surface area (Å²) < 4.78 is 6.48. The Morgan fingerprint density at radius 1 is 1.18 bits per heavy atom. The van der Waals surface area contributed by atoms with E-state index >= 15 is 0 Å². The molecule has 2 aliphatic rings. The highest BCUT2D eigenvalue weighted by Gasteiger charge is 2.56. The van der Waals surface area contributed by atoms with Crippen LogP contribution in [0.4, 0.5) is 4.79 Å². The Morgan fingerprint density at radius 2 is 2.00 bits per heavy atom. The van der Waals surface area contributed by atoms with Crippen LogP contribution < -0.4 is 5.32 Å². The molecule has 22 heavy (non-hydrogen) atoms. The highest BCUT2D eigenvalue weighted by Crippen LogP contribution is 2.57. The first-order chi connectivity index (χ1) is 10.7. The minimum absolute atomic E-state index is 0.227. The summed E-state index contributed by atoms with van der Waals surface area (Å²) in [5, 5.41) is 3.01. The second-order valence-electron chi connectivity index (χ2n) is 5.93. The molecule has 0 spiro atoms. The van der Waals surface area contributed by atoms with Gasteiger partial charge in [-0.25, -0.2) is 4.79 Å². The van der Waals surface area contributed by atoms with E-state index in [-0.39, 0.29) is 12.1 Å². The van der Waals surface area contributed by atoms with Crippen molar-refractivity contribution in [3.05, 3.63) is 69.7 Å². The van der Waals surface area contributed by atoms with E-state index in [2.05, 4.69) is 39.4 Å². The molecule has 0 aromatic heterocycles. The van der Waals surface area contributed by atoms with E-state index in [1.807, 2.05) is 30.3 Å². The first-order valence-electron chi connectivity index (χ1n) is 7.48. The number of carbonyl (C=O) groups is 1. The molecule has 0 radical (unpaired) electrons. The number of carbonyl (C=O) groups excluding carboxylic acids is 1. The molecule has 0 aliphatic heterocycles. The van der Waals surface area contributed by atoms with Crippen LogP contribution in [0.15, 0.2) is 53.0 Å². The van der Waals surface area contributed by atoms with Crippen molar-refractivity contribution in [1.29, 1.82) is 0 Å². The molecule has 0 heterocycles. The molecule has 2 aromatic rings. The maximum absolute atomic E-state index is 11.9. The number of amides is 1. The van der Waals surface area contributed by atoms with Gasteiger partial charge >= 0.3 is 6.09 Å². The monoisotopic (exact) mass is 357 g/mol. The maximum atomic E-state index is 11.9. The number of hydrogen-bond donors (Lipinski definition) is 1. The molecule has 2 aliphatic carbocycles. The van der Waals surface area contributed by atoms with Gasteiger partial charge in [-0.15, -0.1) is 0 Å². The minimum atomic E-state index is -0.320. The summed E-state index contributed by atoms with van der Waals surface area (Å²) in [5.74, 6) is 0.981.